The summed E-state index contributed by atoms with van der Waals surface area (Å²) in [5.41, 5.74) is 1.75. The SMILES string of the molecule is COC(=O)[C@H]1C(=O)C2=C(C[C@@H]1C)NC(C)=C(C(=O)OC1CCCC1)[C@@H]2c1coc2ccccc2c1=O. The minimum Gasteiger partial charge on any atom is -0.468 e. The number of carbonyl (C=O) groups excluding carboxylic acids is 3. The van der Waals surface area contributed by atoms with Crippen LogP contribution >= 0.6 is 0 Å². The van der Waals surface area contributed by atoms with Gasteiger partial charge in [0, 0.05) is 22.5 Å². The Morgan fingerprint density at radius 3 is 2.56 bits per heavy atom. The second-order valence-electron chi connectivity index (χ2n) is 9.86. The molecule has 0 bridgehead atoms. The van der Waals surface area contributed by atoms with Crippen molar-refractivity contribution in [1.82, 2.24) is 5.32 Å². The molecule has 1 saturated carbocycles. The normalized spacial score (nSPS) is 24.5. The van der Waals surface area contributed by atoms with E-state index in [1.165, 1.54) is 13.4 Å². The van der Waals surface area contributed by atoms with Crippen LogP contribution in [0.4, 0.5) is 0 Å². The largest absolute Gasteiger partial charge is 0.468 e. The van der Waals surface area contributed by atoms with E-state index in [1.807, 2.05) is 6.92 Å². The molecule has 0 unspecified atom stereocenters. The van der Waals surface area contributed by atoms with E-state index in [4.69, 9.17) is 13.9 Å². The van der Waals surface area contributed by atoms with Gasteiger partial charge in [-0.1, -0.05) is 19.1 Å². The number of hydrogen-bond donors (Lipinski definition) is 1. The van der Waals surface area contributed by atoms with Gasteiger partial charge < -0.3 is 19.2 Å². The molecule has 3 atom stereocenters. The molecule has 0 radical (unpaired) electrons. The van der Waals surface area contributed by atoms with Crippen molar-refractivity contribution in [3.8, 4) is 0 Å². The number of para-hydroxylation sites is 1. The Bertz CT molecular complexity index is 1380. The van der Waals surface area contributed by atoms with Gasteiger partial charge in [0.2, 0.25) is 0 Å². The van der Waals surface area contributed by atoms with E-state index >= 15 is 0 Å². The molecular formula is C28H29NO7. The fourth-order valence-corrected chi connectivity index (χ4v) is 5.78. The first-order valence-corrected chi connectivity index (χ1v) is 12.4. The molecule has 0 saturated heterocycles. The third-order valence-corrected chi connectivity index (χ3v) is 7.56. The zero-order chi connectivity index (χ0) is 25.6. The van der Waals surface area contributed by atoms with Crippen molar-refractivity contribution in [3.63, 3.8) is 0 Å². The van der Waals surface area contributed by atoms with E-state index in [1.54, 1.807) is 31.2 Å². The zero-order valence-corrected chi connectivity index (χ0v) is 20.6. The number of ketones is 1. The second-order valence-corrected chi connectivity index (χ2v) is 9.86. The Hall–Kier alpha value is -3.68. The molecule has 5 rings (SSSR count). The first kappa shape index (κ1) is 24.0. The maximum Gasteiger partial charge on any atom is 0.337 e. The van der Waals surface area contributed by atoms with Gasteiger partial charge in [-0.25, -0.2) is 4.79 Å². The highest BCUT2D eigenvalue weighted by atomic mass is 16.5. The number of rotatable bonds is 4. The summed E-state index contributed by atoms with van der Waals surface area (Å²) in [6, 6.07) is 6.83. The lowest BCUT2D eigenvalue weighted by atomic mass is 9.69. The lowest BCUT2D eigenvalue weighted by Gasteiger charge is -2.38. The number of benzene rings is 1. The topological polar surface area (TPSA) is 112 Å². The Morgan fingerprint density at radius 2 is 1.83 bits per heavy atom. The molecule has 1 aromatic heterocycles. The van der Waals surface area contributed by atoms with E-state index in [0.717, 1.165) is 25.7 Å². The van der Waals surface area contributed by atoms with Crippen LogP contribution in [0.2, 0.25) is 0 Å². The Balaban J connectivity index is 1.69. The molecule has 2 aliphatic carbocycles. The summed E-state index contributed by atoms with van der Waals surface area (Å²) >= 11 is 0. The lowest BCUT2D eigenvalue weighted by Crippen LogP contribution is -2.44. The molecule has 1 aromatic carbocycles. The number of fused-ring (bicyclic) bond motifs is 1. The first-order valence-electron chi connectivity index (χ1n) is 12.4. The summed E-state index contributed by atoms with van der Waals surface area (Å²) in [4.78, 5) is 53.7. The number of hydrogen-bond acceptors (Lipinski definition) is 8. The van der Waals surface area contributed by atoms with Crippen LogP contribution in [0, 0.1) is 11.8 Å². The number of methoxy groups -OCH3 is 1. The smallest absolute Gasteiger partial charge is 0.337 e. The number of nitrogens with one attached hydrogen (secondary N) is 1. The van der Waals surface area contributed by atoms with Gasteiger partial charge in [-0.3, -0.25) is 14.4 Å². The van der Waals surface area contributed by atoms with Crippen molar-refractivity contribution in [2.24, 2.45) is 11.8 Å². The Kier molecular flexibility index (Phi) is 6.28. The maximum atomic E-state index is 13.8. The number of Topliss-reactive ketones (excluding diaryl/α,β-unsaturated/α-hetero) is 1. The van der Waals surface area contributed by atoms with Crippen molar-refractivity contribution in [2.75, 3.05) is 7.11 Å². The first-order chi connectivity index (χ1) is 17.3. The Morgan fingerprint density at radius 1 is 1.11 bits per heavy atom. The molecule has 3 aliphatic rings. The molecule has 0 amide bonds. The zero-order valence-electron chi connectivity index (χ0n) is 20.6. The molecule has 1 N–H and O–H groups in total. The minimum atomic E-state index is -1.03. The molecule has 2 heterocycles. The standard InChI is InChI=1S/C28H29NO7/c1-14-12-19-24(26(31)21(14)27(32)34-3)23(18-13-35-20-11-7-6-10-17(20)25(18)30)22(15(2)29-19)28(33)36-16-8-4-5-9-16/h6-7,10-11,13-14,16,21,23,29H,4-5,8-9,12H2,1-3H3/t14-,21+,23-/m0/s1. The van der Waals surface area contributed by atoms with Crippen molar-refractivity contribution in [3.05, 3.63) is 68.9 Å². The van der Waals surface area contributed by atoms with Crippen LogP contribution in [0.3, 0.4) is 0 Å². The van der Waals surface area contributed by atoms with Crippen LogP contribution in [0.25, 0.3) is 11.0 Å². The molecule has 8 heteroatoms. The molecule has 188 valence electrons. The minimum absolute atomic E-state index is 0.159. The fraction of sp³-hybridized carbons (Fsp3) is 0.429. The average Bonchev–Trinajstić information content (AvgIpc) is 3.36. The number of allylic oxidation sites excluding steroid dienone is 3. The van der Waals surface area contributed by atoms with Crippen LogP contribution in [0.1, 0.15) is 57.4 Å². The number of ether oxygens (including phenoxy) is 2. The van der Waals surface area contributed by atoms with Crippen LogP contribution < -0.4 is 10.7 Å². The van der Waals surface area contributed by atoms with Crippen molar-refractivity contribution in [2.45, 2.75) is 58.0 Å². The van der Waals surface area contributed by atoms with Crippen LogP contribution in [0.5, 0.6) is 0 Å². The van der Waals surface area contributed by atoms with Gasteiger partial charge >= 0.3 is 11.9 Å². The third-order valence-electron chi connectivity index (χ3n) is 7.56. The highest BCUT2D eigenvalue weighted by molar-refractivity contribution is 6.12. The monoisotopic (exact) mass is 491 g/mol. The summed E-state index contributed by atoms with van der Waals surface area (Å²) in [6.07, 6.45) is 5.04. The van der Waals surface area contributed by atoms with Crippen LogP contribution in [-0.4, -0.2) is 30.9 Å². The van der Waals surface area contributed by atoms with Gasteiger partial charge in [0.05, 0.1) is 30.3 Å². The van der Waals surface area contributed by atoms with E-state index in [9.17, 15) is 19.2 Å². The molecule has 1 aliphatic heterocycles. The van der Waals surface area contributed by atoms with E-state index < -0.39 is 29.6 Å². The summed E-state index contributed by atoms with van der Waals surface area (Å²) in [6.45, 7) is 3.56. The van der Waals surface area contributed by atoms with Gasteiger partial charge in [0.25, 0.3) is 0 Å². The molecule has 1 fully saturated rings. The average molecular weight is 492 g/mol. The third kappa shape index (κ3) is 3.94. The highest BCUT2D eigenvalue weighted by Gasteiger charge is 2.48. The molecule has 8 nitrogen and oxygen atoms in total. The second kappa shape index (κ2) is 9.41. The maximum absolute atomic E-state index is 13.8. The predicted octanol–water partition coefficient (Wildman–Crippen LogP) is 3.89. The molecular weight excluding hydrogens is 462 g/mol. The van der Waals surface area contributed by atoms with E-state index in [0.29, 0.717) is 28.8 Å². The van der Waals surface area contributed by atoms with Gasteiger partial charge in [0.1, 0.15) is 17.6 Å². The number of esters is 2. The van der Waals surface area contributed by atoms with E-state index in [2.05, 4.69) is 5.32 Å². The highest BCUT2D eigenvalue weighted by Crippen LogP contribution is 2.45. The van der Waals surface area contributed by atoms with Gasteiger partial charge in [0.15, 0.2) is 11.2 Å². The lowest BCUT2D eigenvalue weighted by molar-refractivity contribution is -0.151. The van der Waals surface area contributed by atoms with Crippen LogP contribution in [0.15, 0.2) is 62.3 Å². The number of carbonyl (C=O) groups is 3. The summed E-state index contributed by atoms with van der Waals surface area (Å²) < 4.78 is 16.6. The van der Waals surface area contributed by atoms with Crippen molar-refractivity contribution in [1.29, 1.82) is 0 Å². The molecule has 0 spiro atoms. The summed E-state index contributed by atoms with van der Waals surface area (Å²) in [5, 5.41) is 3.57. The predicted molar refractivity (Wildman–Crippen MR) is 131 cm³/mol. The van der Waals surface area contributed by atoms with Crippen molar-refractivity contribution < 1.29 is 28.3 Å². The quantitative estimate of drug-likeness (QED) is 0.506. The van der Waals surface area contributed by atoms with Gasteiger partial charge in [-0.05, 0) is 57.1 Å². The summed E-state index contributed by atoms with van der Waals surface area (Å²) in [5.74, 6) is -4.04. The van der Waals surface area contributed by atoms with Gasteiger partial charge in [-0.2, -0.15) is 0 Å². The van der Waals surface area contributed by atoms with Crippen LogP contribution in [-0.2, 0) is 23.9 Å². The summed E-state index contributed by atoms with van der Waals surface area (Å²) in [7, 11) is 1.25. The van der Waals surface area contributed by atoms with Gasteiger partial charge in [-0.15, -0.1) is 0 Å². The van der Waals surface area contributed by atoms with E-state index in [-0.39, 0.29) is 34.2 Å². The molecule has 36 heavy (non-hydrogen) atoms. The Labute approximate surface area is 208 Å². The fourth-order valence-electron chi connectivity index (χ4n) is 5.78. The van der Waals surface area contributed by atoms with Crippen molar-refractivity contribution >= 4 is 28.7 Å². The number of dihydropyridines is 1. The molecule has 2 aromatic rings.